The lowest BCUT2D eigenvalue weighted by molar-refractivity contribution is -0.123. The van der Waals surface area contributed by atoms with Gasteiger partial charge in [0.25, 0.3) is 0 Å². The number of nitrogens with one attached hydrogen (secondary N) is 1. The Morgan fingerprint density at radius 3 is 2.57 bits per heavy atom. The van der Waals surface area contributed by atoms with Crippen molar-refractivity contribution in [2.45, 2.75) is 44.7 Å². The Balaban J connectivity index is 2.39. The SMILES string of the molecule is CC(C)CC(N)C(=O)NC1(C#N)CC1. The zero-order valence-corrected chi connectivity index (χ0v) is 8.71. The molecule has 3 N–H and O–H groups in total. The van der Waals surface area contributed by atoms with E-state index >= 15 is 0 Å². The van der Waals surface area contributed by atoms with Gasteiger partial charge in [0.1, 0.15) is 5.54 Å². The van der Waals surface area contributed by atoms with Crippen LogP contribution in [-0.2, 0) is 4.79 Å². The molecule has 14 heavy (non-hydrogen) atoms. The van der Waals surface area contributed by atoms with Crippen molar-refractivity contribution in [3.8, 4) is 6.07 Å². The Morgan fingerprint density at radius 1 is 1.64 bits per heavy atom. The van der Waals surface area contributed by atoms with Gasteiger partial charge in [-0.05, 0) is 25.2 Å². The number of carbonyl (C=O) groups excluding carboxylic acids is 1. The van der Waals surface area contributed by atoms with E-state index < -0.39 is 11.6 Å². The zero-order valence-electron chi connectivity index (χ0n) is 8.71. The highest BCUT2D eigenvalue weighted by molar-refractivity contribution is 5.83. The van der Waals surface area contributed by atoms with Crippen LogP contribution in [0.4, 0.5) is 0 Å². The lowest BCUT2D eigenvalue weighted by Gasteiger charge is -2.16. The van der Waals surface area contributed by atoms with E-state index in [2.05, 4.69) is 11.4 Å². The van der Waals surface area contributed by atoms with Crippen molar-refractivity contribution in [1.82, 2.24) is 5.32 Å². The first kappa shape index (κ1) is 11.0. The third-order valence-corrected chi connectivity index (χ3v) is 2.39. The van der Waals surface area contributed by atoms with Crippen LogP contribution in [0.5, 0.6) is 0 Å². The number of hydrogen-bond donors (Lipinski definition) is 2. The topological polar surface area (TPSA) is 78.9 Å². The van der Waals surface area contributed by atoms with Gasteiger partial charge in [0, 0.05) is 0 Å². The number of nitriles is 1. The smallest absolute Gasteiger partial charge is 0.238 e. The van der Waals surface area contributed by atoms with Crippen LogP contribution in [0.1, 0.15) is 33.1 Å². The summed E-state index contributed by atoms with van der Waals surface area (Å²) < 4.78 is 0. The quantitative estimate of drug-likeness (QED) is 0.686. The molecule has 0 aliphatic heterocycles. The van der Waals surface area contributed by atoms with Gasteiger partial charge in [0.2, 0.25) is 5.91 Å². The first-order valence-electron chi connectivity index (χ1n) is 4.98. The van der Waals surface area contributed by atoms with Gasteiger partial charge in [0.05, 0.1) is 12.1 Å². The lowest BCUT2D eigenvalue weighted by Crippen LogP contribution is -2.46. The molecule has 1 amide bonds. The Bertz CT molecular complexity index is 263. The average molecular weight is 195 g/mol. The molecule has 1 aliphatic rings. The second-order valence-corrected chi connectivity index (χ2v) is 4.42. The molecule has 0 aromatic rings. The fourth-order valence-corrected chi connectivity index (χ4v) is 1.33. The molecule has 4 heteroatoms. The van der Waals surface area contributed by atoms with E-state index in [1.54, 1.807) is 0 Å². The van der Waals surface area contributed by atoms with Crippen LogP contribution >= 0.6 is 0 Å². The lowest BCUT2D eigenvalue weighted by atomic mass is 10.0. The minimum Gasteiger partial charge on any atom is -0.336 e. The van der Waals surface area contributed by atoms with Crippen molar-refractivity contribution in [3.05, 3.63) is 0 Å². The average Bonchev–Trinajstić information content (AvgIpc) is 2.84. The molecule has 0 aromatic carbocycles. The van der Waals surface area contributed by atoms with Gasteiger partial charge in [-0.2, -0.15) is 5.26 Å². The molecular formula is C10H17N3O. The minimum atomic E-state index is -0.592. The summed E-state index contributed by atoms with van der Waals surface area (Å²) in [5.41, 5.74) is 5.09. The van der Waals surface area contributed by atoms with Crippen LogP contribution in [0.25, 0.3) is 0 Å². The third-order valence-electron chi connectivity index (χ3n) is 2.39. The van der Waals surface area contributed by atoms with Crippen LogP contribution in [0.3, 0.4) is 0 Å². The third kappa shape index (κ3) is 2.71. The normalized spacial score (nSPS) is 19.9. The van der Waals surface area contributed by atoms with Crippen molar-refractivity contribution >= 4 is 5.91 Å². The van der Waals surface area contributed by atoms with E-state index in [9.17, 15) is 4.79 Å². The Labute approximate surface area is 84.5 Å². The van der Waals surface area contributed by atoms with E-state index in [1.807, 2.05) is 13.8 Å². The van der Waals surface area contributed by atoms with Crippen LogP contribution in [-0.4, -0.2) is 17.5 Å². The van der Waals surface area contributed by atoms with Crippen molar-refractivity contribution < 1.29 is 4.79 Å². The molecule has 0 aromatic heterocycles. The summed E-state index contributed by atoms with van der Waals surface area (Å²) in [4.78, 5) is 11.5. The zero-order chi connectivity index (χ0) is 10.8. The molecule has 1 rings (SSSR count). The van der Waals surface area contributed by atoms with Crippen molar-refractivity contribution in [3.63, 3.8) is 0 Å². The maximum absolute atomic E-state index is 11.5. The van der Waals surface area contributed by atoms with Crippen LogP contribution in [0.2, 0.25) is 0 Å². The molecular weight excluding hydrogens is 178 g/mol. The fourth-order valence-electron chi connectivity index (χ4n) is 1.33. The Kier molecular flexibility index (Phi) is 3.12. The highest BCUT2D eigenvalue weighted by Gasteiger charge is 2.45. The van der Waals surface area contributed by atoms with Crippen molar-refractivity contribution in [2.24, 2.45) is 11.7 Å². The first-order chi connectivity index (χ1) is 6.49. The number of rotatable bonds is 4. The number of amides is 1. The van der Waals surface area contributed by atoms with Crippen LogP contribution in [0, 0.1) is 17.2 Å². The van der Waals surface area contributed by atoms with E-state index in [0.29, 0.717) is 12.3 Å². The van der Waals surface area contributed by atoms with Crippen LogP contribution in [0.15, 0.2) is 0 Å². The summed E-state index contributed by atoms with van der Waals surface area (Å²) >= 11 is 0. The van der Waals surface area contributed by atoms with E-state index in [-0.39, 0.29) is 5.91 Å². The predicted octanol–water partition coefficient (Wildman–Crippen LogP) is 0.532. The van der Waals surface area contributed by atoms with Gasteiger partial charge in [-0.15, -0.1) is 0 Å². The van der Waals surface area contributed by atoms with Gasteiger partial charge in [-0.3, -0.25) is 4.79 Å². The summed E-state index contributed by atoms with van der Waals surface area (Å²) in [7, 11) is 0. The van der Waals surface area contributed by atoms with E-state index in [4.69, 9.17) is 11.0 Å². The molecule has 1 unspecified atom stereocenters. The molecule has 1 atom stereocenters. The monoisotopic (exact) mass is 195 g/mol. The molecule has 78 valence electrons. The Morgan fingerprint density at radius 2 is 2.21 bits per heavy atom. The van der Waals surface area contributed by atoms with Gasteiger partial charge in [-0.25, -0.2) is 0 Å². The number of nitrogens with zero attached hydrogens (tertiary/aromatic N) is 1. The molecule has 0 radical (unpaired) electrons. The molecule has 4 nitrogen and oxygen atoms in total. The Hall–Kier alpha value is -1.08. The molecule has 1 saturated carbocycles. The molecule has 0 heterocycles. The maximum Gasteiger partial charge on any atom is 0.238 e. The fraction of sp³-hybridized carbons (Fsp3) is 0.800. The second kappa shape index (κ2) is 3.97. The second-order valence-electron chi connectivity index (χ2n) is 4.42. The van der Waals surface area contributed by atoms with Gasteiger partial charge in [0.15, 0.2) is 0 Å². The standard InChI is InChI=1S/C10H17N3O/c1-7(2)5-8(12)9(14)13-10(6-11)3-4-10/h7-8H,3-5,12H2,1-2H3,(H,13,14). The molecule has 1 fully saturated rings. The maximum atomic E-state index is 11.5. The van der Waals surface area contributed by atoms with E-state index in [1.165, 1.54) is 0 Å². The molecule has 1 aliphatic carbocycles. The summed E-state index contributed by atoms with van der Waals surface area (Å²) in [6, 6.07) is 1.62. The summed E-state index contributed by atoms with van der Waals surface area (Å²) in [6.45, 7) is 4.04. The minimum absolute atomic E-state index is 0.197. The number of carbonyl (C=O) groups is 1. The number of nitrogens with two attached hydrogens (primary N) is 1. The first-order valence-corrected chi connectivity index (χ1v) is 4.98. The van der Waals surface area contributed by atoms with Crippen molar-refractivity contribution in [2.75, 3.05) is 0 Å². The summed E-state index contributed by atoms with van der Waals surface area (Å²) in [5, 5.41) is 11.5. The highest BCUT2D eigenvalue weighted by atomic mass is 16.2. The van der Waals surface area contributed by atoms with Gasteiger partial charge < -0.3 is 11.1 Å². The predicted molar refractivity (Wildman–Crippen MR) is 53.2 cm³/mol. The molecule has 0 bridgehead atoms. The van der Waals surface area contributed by atoms with Crippen molar-refractivity contribution in [1.29, 1.82) is 5.26 Å². The van der Waals surface area contributed by atoms with E-state index in [0.717, 1.165) is 12.8 Å². The molecule has 0 saturated heterocycles. The largest absolute Gasteiger partial charge is 0.336 e. The molecule has 0 spiro atoms. The van der Waals surface area contributed by atoms with Crippen LogP contribution < -0.4 is 11.1 Å². The summed E-state index contributed by atoms with van der Waals surface area (Å²) in [6.07, 6.45) is 2.17. The summed E-state index contributed by atoms with van der Waals surface area (Å²) in [5.74, 6) is 0.200. The number of hydrogen-bond acceptors (Lipinski definition) is 3. The van der Waals surface area contributed by atoms with Gasteiger partial charge in [-0.1, -0.05) is 13.8 Å². The highest BCUT2D eigenvalue weighted by Crippen LogP contribution is 2.34. The van der Waals surface area contributed by atoms with Gasteiger partial charge >= 0.3 is 0 Å².